The number of nitrogens with zero attached hydrogens (tertiary/aromatic N) is 1. The molecular weight excluding hydrogens is 196 g/mol. The lowest BCUT2D eigenvalue weighted by atomic mass is 9.80. The Hall–Kier alpha value is -0.0800. The van der Waals surface area contributed by atoms with E-state index in [0.29, 0.717) is 0 Å². The Morgan fingerprint density at radius 3 is 2.75 bits per heavy atom. The van der Waals surface area contributed by atoms with E-state index in [1.165, 1.54) is 58.3 Å². The Morgan fingerprint density at radius 2 is 2.00 bits per heavy atom. The fraction of sp³-hybridized carbons (Fsp3) is 1.00. The number of likely N-dealkylation sites (tertiary alicyclic amines) is 1. The molecule has 0 spiro atoms. The van der Waals surface area contributed by atoms with E-state index in [1.807, 2.05) is 0 Å². The van der Waals surface area contributed by atoms with Gasteiger partial charge in [-0.3, -0.25) is 0 Å². The molecule has 0 aromatic carbocycles. The molecule has 1 heterocycles. The fourth-order valence-corrected chi connectivity index (χ4v) is 3.53. The van der Waals surface area contributed by atoms with Gasteiger partial charge in [0.2, 0.25) is 0 Å². The van der Waals surface area contributed by atoms with Crippen LogP contribution in [0, 0.1) is 17.8 Å². The van der Waals surface area contributed by atoms with Gasteiger partial charge in [0, 0.05) is 13.1 Å². The summed E-state index contributed by atoms with van der Waals surface area (Å²) >= 11 is 0. The first-order chi connectivity index (χ1) is 7.79. The standard InChI is InChI=1S/C14H28N2/c1-12-5-3-4-6-14(12)11-16-8-7-13(10-16)9-15-2/h12-15H,3-11H2,1-2H3. The van der Waals surface area contributed by atoms with Crippen LogP contribution < -0.4 is 5.32 Å². The minimum atomic E-state index is 0.906. The van der Waals surface area contributed by atoms with Gasteiger partial charge in [-0.15, -0.1) is 0 Å². The number of rotatable bonds is 4. The zero-order valence-electron chi connectivity index (χ0n) is 11.0. The second kappa shape index (κ2) is 6.02. The molecule has 3 atom stereocenters. The van der Waals surface area contributed by atoms with Crippen molar-refractivity contribution < 1.29 is 0 Å². The van der Waals surface area contributed by atoms with Crippen molar-refractivity contribution in [3.8, 4) is 0 Å². The zero-order valence-corrected chi connectivity index (χ0v) is 11.0. The molecule has 2 rings (SSSR count). The van der Waals surface area contributed by atoms with E-state index in [-0.39, 0.29) is 0 Å². The number of hydrogen-bond acceptors (Lipinski definition) is 2. The van der Waals surface area contributed by atoms with Crippen molar-refractivity contribution in [2.45, 2.75) is 39.0 Å². The van der Waals surface area contributed by atoms with Gasteiger partial charge in [-0.1, -0.05) is 26.2 Å². The van der Waals surface area contributed by atoms with Gasteiger partial charge >= 0.3 is 0 Å². The van der Waals surface area contributed by atoms with Gasteiger partial charge in [0.15, 0.2) is 0 Å². The maximum Gasteiger partial charge on any atom is 0.00224 e. The first-order valence-corrected chi connectivity index (χ1v) is 7.16. The molecule has 3 unspecified atom stereocenters. The smallest absolute Gasteiger partial charge is 0.00224 e. The molecular formula is C14H28N2. The van der Waals surface area contributed by atoms with Crippen LogP contribution in [0.1, 0.15) is 39.0 Å². The molecule has 2 aliphatic rings. The van der Waals surface area contributed by atoms with Crippen LogP contribution in [0.4, 0.5) is 0 Å². The van der Waals surface area contributed by atoms with Crippen LogP contribution in [0.15, 0.2) is 0 Å². The van der Waals surface area contributed by atoms with Crippen molar-refractivity contribution >= 4 is 0 Å². The summed E-state index contributed by atoms with van der Waals surface area (Å²) in [4.78, 5) is 2.72. The van der Waals surface area contributed by atoms with Gasteiger partial charge in [0.1, 0.15) is 0 Å². The highest BCUT2D eigenvalue weighted by Gasteiger charge is 2.27. The molecule has 1 aliphatic carbocycles. The summed E-state index contributed by atoms with van der Waals surface area (Å²) in [5.74, 6) is 2.86. The van der Waals surface area contributed by atoms with Gasteiger partial charge < -0.3 is 10.2 Å². The zero-order chi connectivity index (χ0) is 11.4. The minimum absolute atomic E-state index is 0.906. The Balaban J connectivity index is 1.73. The van der Waals surface area contributed by atoms with Crippen molar-refractivity contribution in [3.05, 3.63) is 0 Å². The predicted molar refractivity (Wildman–Crippen MR) is 69.6 cm³/mol. The summed E-state index contributed by atoms with van der Waals surface area (Å²) in [6, 6.07) is 0. The van der Waals surface area contributed by atoms with E-state index in [9.17, 15) is 0 Å². The molecule has 94 valence electrons. The third kappa shape index (κ3) is 3.21. The molecule has 2 fully saturated rings. The summed E-state index contributed by atoms with van der Waals surface area (Å²) in [7, 11) is 2.08. The third-order valence-electron chi connectivity index (χ3n) is 4.64. The molecule has 0 amide bonds. The average Bonchev–Trinajstić information content (AvgIpc) is 2.70. The lowest BCUT2D eigenvalue weighted by molar-refractivity contribution is 0.177. The first kappa shape index (κ1) is 12.4. The summed E-state index contributed by atoms with van der Waals surface area (Å²) in [6.45, 7) is 7.72. The highest BCUT2D eigenvalue weighted by Crippen LogP contribution is 2.31. The minimum Gasteiger partial charge on any atom is -0.319 e. The molecule has 1 saturated carbocycles. The van der Waals surface area contributed by atoms with Gasteiger partial charge in [0.25, 0.3) is 0 Å². The maximum absolute atomic E-state index is 3.32. The quantitative estimate of drug-likeness (QED) is 0.788. The van der Waals surface area contributed by atoms with Crippen LogP contribution in [-0.2, 0) is 0 Å². The Kier molecular flexibility index (Phi) is 4.66. The van der Waals surface area contributed by atoms with Crippen molar-refractivity contribution in [1.29, 1.82) is 0 Å². The second-order valence-electron chi connectivity index (χ2n) is 5.99. The van der Waals surface area contributed by atoms with E-state index in [2.05, 4.69) is 24.2 Å². The monoisotopic (exact) mass is 224 g/mol. The average molecular weight is 224 g/mol. The van der Waals surface area contributed by atoms with Gasteiger partial charge in [-0.25, -0.2) is 0 Å². The first-order valence-electron chi connectivity index (χ1n) is 7.16. The van der Waals surface area contributed by atoms with Gasteiger partial charge in [-0.2, -0.15) is 0 Å². The molecule has 0 radical (unpaired) electrons. The van der Waals surface area contributed by atoms with Crippen LogP contribution in [0.25, 0.3) is 0 Å². The summed E-state index contributed by atoms with van der Waals surface area (Å²) in [6.07, 6.45) is 7.30. The van der Waals surface area contributed by atoms with Crippen molar-refractivity contribution in [3.63, 3.8) is 0 Å². The molecule has 16 heavy (non-hydrogen) atoms. The molecule has 0 aromatic rings. The van der Waals surface area contributed by atoms with E-state index < -0.39 is 0 Å². The normalized spacial score (nSPS) is 36.8. The number of nitrogens with one attached hydrogen (secondary N) is 1. The van der Waals surface area contributed by atoms with Crippen LogP contribution >= 0.6 is 0 Å². The highest BCUT2D eigenvalue weighted by molar-refractivity contribution is 4.81. The molecule has 2 heteroatoms. The van der Waals surface area contributed by atoms with E-state index in [0.717, 1.165) is 17.8 Å². The van der Waals surface area contributed by atoms with Crippen LogP contribution in [0.5, 0.6) is 0 Å². The molecule has 1 saturated heterocycles. The van der Waals surface area contributed by atoms with Crippen LogP contribution in [0.2, 0.25) is 0 Å². The van der Waals surface area contributed by atoms with Gasteiger partial charge in [-0.05, 0) is 50.7 Å². The molecule has 0 aromatic heterocycles. The summed E-state index contributed by atoms with van der Waals surface area (Å²) in [5.41, 5.74) is 0. The largest absolute Gasteiger partial charge is 0.319 e. The lowest BCUT2D eigenvalue weighted by Gasteiger charge is -2.32. The van der Waals surface area contributed by atoms with E-state index >= 15 is 0 Å². The molecule has 1 aliphatic heterocycles. The lowest BCUT2D eigenvalue weighted by Crippen LogP contribution is -2.33. The Morgan fingerprint density at radius 1 is 1.19 bits per heavy atom. The predicted octanol–water partition coefficient (Wildman–Crippen LogP) is 2.35. The topological polar surface area (TPSA) is 15.3 Å². The Bertz CT molecular complexity index is 205. The van der Waals surface area contributed by atoms with E-state index in [4.69, 9.17) is 0 Å². The van der Waals surface area contributed by atoms with Crippen molar-refractivity contribution in [2.75, 3.05) is 33.2 Å². The SMILES string of the molecule is CNCC1CCN(CC2CCCCC2C)C1. The van der Waals surface area contributed by atoms with Crippen molar-refractivity contribution in [1.82, 2.24) is 10.2 Å². The molecule has 1 N–H and O–H groups in total. The number of hydrogen-bond donors (Lipinski definition) is 1. The third-order valence-corrected chi connectivity index (χ3v) is 4.64. The maximum atomic E-state index is 3.32. The van der Waals surface area contributed by atoms with Crippen LogP contribution in [-0.4, -0.2) is 38.1 Å². The highest BCUT2D eigenvalue weighted by atomic mass is 15.1. The van der Waals surface area contributed by atoms with Crippen LogP contribution in [0.3, 0.4) is 0 Å². The fourth-order valence-electron chi connectivity index (χ4n) is 3.53. The van der Waals surface area contributed by atoms with E-state index in [1.54, 1.807) is 0 Å². The second-order valence-corrected chi connectivity index (χ2v) is 5.99. The van der Waals surface area contributed by atoms with Crippen molar-refractivity contribution in [2.24, 2.45) is 17.8 Å². The summed E-state index contributed by atoms with van der Waals surface area (Å²) in [5, 5.41) is 3.32. The Labute approximate surface area is 101 Å². The van der Waals surface area contributed by atoms with Gasteiger partial charge in [0.05, 0.1) is 0 Å². The summed E-state index contributed by atoms with van der Waals surface area (Å²) < 4.78 is 0. The molecule has 2 nitrogen and oxygen atoms in total. The molecule has 0 bridgehead atoms.